The molecule has 2 aromatic rings. The zero-order valence-electron chi connectivity index (χ0n) is 10.8. The summed E-state index contributed by atoms with van der Waals surface area (Å²) in [5.41, 5.74) is 2.45. The number of benzene rings is 1. The molecule has 1 aromatic heterocycles. The van der Waals surface area contributed by atoms with Crippen molar-refractivity contribution in [2.45, 2.75) is 33.4 Å². The monoisotopic (exact) mass is 248 g/mol. The summed E-state index contributed by atoms with van der Waals surface area (Å²) in [7, 11) is 0. The van der Waals surface area contributed by atoms with Crippen LogP contribution in [-0.4, -0.2) is 5.16 Å². The molecular formula is C14H17FN2O. The molecule has 0 saturated heterocycles. The Kier molecular flexibility index (Phi) is 3.77. The average molecular weight is 248 g/mol. The van der Waals surface area contributed by atoms with Crippen LogP contribution in [0.1, 0.15) is 35.5 Å². The first-order valence-corrected chi connectivity index (χ1v) is 5.98. The molecular weight excluding hydrogens is 231 g/mol. The highest BCUT2D eigenvalue weighted by atomic mass is 19.1. The van der Waals surface area contributed by atoms with Crippen molar-refractivity contribution < 1.29 is 8.91 Å². The first-order chi connectivity index (χ1) is 8.56. The van der Waals surface area contributed by atoms with Crippen LogP contribution in [0, 0.1) is 19.7 Å². The largest absolute Gasteiger partial charge is 0.361 e. The molecule has 1 aromatic carbocycles. The van der Waals surface area contributed by atoms with E-state index in [1.165, 1.54) is 0 Å². The van der Waals surface area contributed by atoms with Crippen molar-refractivity contribution in [2.75, 3.05) is 0 Å². The summed E-state index contributed by atoms with van der Waals surface area (Å²) in [5, 5.41) is 7.19. The van der Waals surface area contributed by atoms with E-state index in [1.54, 1.807) is 19.1 Å². The van der Waals surface area contributed by atoms with Crippen LogP contribution in [0.25, 0.3) is 0 Å². The molecule has 0 saturated carbocycles. The third-order valence-corrected chi connectivity index (χ3v) is 2.96. The van der Waals surface area contributed by atoms with Crippen LogP contribution in [0.2, 0.25) is 0 Å². The van der Waals surface area contributed by atoms with Crippen LogP contribution in [0.4, 0.5) is 4.39 Å². The minimum absolute atomic E-state index is 0.0668. The third kappa shape index (κ3) is 2.96. The molecule has 1 unspecified atom stereocenters. The number of rotatable bonds is 4. The van der Waals surface area contributed by atoms with Crippen molar-refractivity contribution in [3.8, 4) is 0 Å². The molecule has 0 fully saturated rings. The molecule has 2 rings (SSSR count). The maximum absolute atomic E-state index is 13.5. The molecule has 0 aliphatic carbocycles. The van der Waals surface area contributed by atoms with Crippen LogP contribution in [-0.2, 0) is 6.54 Å². The molecule has 3 nitrogen and oxygen atoms in total. The van der Waals surface area contributed by atoms with E-state index in [0.29, 0.717) is 12.1 Å². The molecule has 1 heterocycles. The summed E-state index contributed by atoms with van der Waals surface area (Å²) in [6.07, 6.45) is 0. The fraction of sp³-hybridized carbons (Fsp3) is 0.357. The first kappa shape index (κ1) is 12.8. The van der Waals surface area contributed by atoms with Crippen molar-refractivity contribution in [1.82, 2.24) is 10.5 Å². The van der Waals surface area contributed by atoms with Crippen LogP contribution in [0.3, 0.4) is 0 Å². The number of nitrogens with one attached hydrogen (secondary N) is 1. The summed E-state index contributed by atoms with van der Waals surface area (Å²) < 4.78 is 18.4. The normalized spacial score (nSPS) is 12.7. The van der Waals surface area contributed by atoms with Gasteiger partial charge in [0.05, 0.1) is 5.69 Å². The number of halogens is 1. The van der Waals surface area contributed by atoms with E-state index in [9.17, 15) is 4.39 Å². The lowest BCUT2D eigenvalue weighted by molar-refractivity contribution is 0.386. The van der Waals surface area contributed by atoms with Crippen molar-refractivity contribution in [3.05, 3.63) is 52.7 Å². The van der Waals surface area contributed by atoms with Crippen molar-refractivity contribution in [3.63, 3.8) is 0 Å². The fourth-order valence-corrected chi connectivity index (χ4v) is 1.76. The van der Waals surface area contributed by atoms with Gasteiger partial charge in [-0.15, -0.1) is 0 Å². The van der Waals surface area contributed by atoms with E-state index in [2.05, 4.69) is 10.5 Å². The minimum atomic E-state index is -0.168. The van der Waals surface area contributed by atoms with Crippen LogP contribution >= 0.6 is 0 Å². The van der Waals surface area contributed by atoms with Crippen molar-refractivity contribution in [1.29, 1.82) is 0 Å². The lowest BCUT2D eigenvalue weighted by Crippen LogP contribution is -2.18. The molecule has 1 N–H and O–H groups in total. The van der Waals surface area contributed by atoms with Gasteiger partial charge in [-0.25, -0.2) is 4.39 Å². The molecule has 1 atom stereocenters. The summed E-state index contributed by atoms with van der Waals surface area (Å²) in [6, 6.07) is 7.25. The molecule has 96 valence electrons. The topological polar surface area (TPSA) is 38.1 Å². The smallest absolute Gasteiger partial charge is 0.133 e. The fourth-order valence-electron chi connectivity index (χ4n) is 1.76. The predicted molar refractivity (Wildman–Crippen MR) is 67.6 cm³/mol. The number of hydrogen-bond acceptors (Lipinski definition) is 3. The average Bonchev–Trinajstić information content (AvgIpc) is 2.75. The second kappa shape index (κ2) is 5.31. The van der Waals surface area contributed by atoms with Crippen molar-refractivity contribution >= 4 is 0 Å². The molecule has 0 aliphatic heterocycles. The molecule has 0 aliphatic rings. The van der Waals surface area contributed by atoms with E-state index >= 15 is 0 Å². The SMILES string of the molecule is Cc1cc(CNC(C)c2ccc(C)c(F)c2)no1. The van der Waals surface area contributed by atoms with Gasteiger partial charge >= 0.3 is 0 Å². The number of aromatic nitrogens is 1. The lowest BCUT2D eigenvalue weighted by Gasteiger charge is -2.13. The molecule has 18 heavy (non-hydrogen) atoms. The molecule has 0 bridgehead atoms. The standard InChI is InChI=1S/C14H17FN2O/c1-9-4-5-12(7-14(9)15)11(3)16-8-13-6-10(2)18-17-13/h4-7,11,16H,8H2,1-3H3. The third-order valence-electron chi connectivity index (χ3n) is 2.96. The van der Waals surface area contributed by atoms with Gasteiger partial charge in [-0.1, -0.05) is 17.3 Å². The van der Waals surface area contributed by atoms with E-state index in [4.69, 9.17) is 4.52 Å². The van der Waals surface area contributed by atoms with E-state index in [-0.39, 0.29) is 11.9 Å². The quantitative estimate of drug-likeness (QED) is 0.902. The summed E-state index contributed by atoms with van der Waals surface area (Å²) >= 11 is 0. The van der Waals surface area contributed by atoms with E-state index in [0.717, 1.165) is 17.0 Å². The Hall–Kier alpha value is -1.68. The van der Waals surface area contributed by atoms with Crippen molar-refractivity contribution in [2.24, 2.45) is 0 Å². The highest BCUT2D eigenvalue weighted by molar-refractivity contribution is 5.25. The van der Waals surface area contributed by atoms with Gasteiger partial charge in [-0.2, -0.15) is 0 Å². The molecule has 0 radical (unpaired) electrons. The van der Waals surface area contributed by atoms with Gasteiger partial charge in [0.25, 0.3) is 0 Å². The number of nitrogens with zero attached hydrogens (tertiary/aromatic N) is 1. The Labute approximate surface area is 106 Å². The van der Waals surface area contributed by atoms with E-state index in [1.807, 2.05) is 26.0 Å². The van der Waals surface area contributed by atoms with Gasteiger partial charge in [0, 0.05) is 18.7 Å². The lowest BCUT2D eigenvalue weighted by atomic mass is 10.1. The van der Waals surface area contributed by atoms with Gasteiger partial charge in [0.15, 0.2) is 0 Å². The Balaban J connectivity index is 1.99. The van der Waals surface area contributed by atoms with E-state index < -0.39 is 0 Å². The van der Waals surface area contributed by atoms with Gasteiger partial charge < -0.3 is 9.84 Å². The number of hydrogen-bond donors (Lipinski definition) is 1. The minimum Gasteiger partial charge on any atom is -0.361 e. The zero-order valence-corrected chi connectivity index (χ0v) is 10.8. The second-order valence-electron chi connectivity index (χ2n) is 4.54. The summed E-state index contributed by atoms with van der Waals surface area (Å²) in [6.45, 7) is 6.22. The Bertz CT molecular complexity index is 536. The Morgan fingerprint density at radius 3 is 2.72 bits per heavy atom. The predicted octanol–water partition coefficient (Wildman–Crippen LogP) is 3.28. The first-order valence-electron chi connectivity index (χ1n) is 5.98. The molecule has 0 amide bonds. The van der Waals surface area contributed by atoms with Crippen LogP contribution in [0.5, 0.6) is 0 Å². The second-order valence-corrected chi connectivity index (χ2v) is 4.54. The maximum atomic E-state index is 13.5. The molecule has 4 heteroatoms. The number of aryl methyl sites for hydroxylation is 2. The van der Waals surface area contributed by atoms with Gasteiger partial charge in [-0.05, 0) is 38.0 Å². The Morgan fingerprint density at radius 2 is 2.11 bits per heavy atom. The maximum Gasteiger partial charge on any atom is 0.133 e. The highest BCUT2D eigenvalue weighted by Gasteiger charge is 2.08. The van der Waals surface area contributed by atoms with Gasteiger partial charge in [0.1, 0.15) is 11.6 Å². The summed E-state index contributed by atoms with van der Waals surface area (Å²) in [4.78, 5) is 0. The van der Waals surface area contributed by atoms with Crippen LogP contribution in [0.15, 0.2) is 28.8 Å². The van der Waals surface area contributed by atoms with Gasteiger partial charge in [0.2, 0.25) is 0 Å². The van der Waals surface area contributed by atoms with Crippen LogP contribution < -0.4 is 5.32 Å². The van der Waals surface area contributed by atoms with Gasteiger partial charge in [-0.3, -0.25) is 0 Å². The molecule has 0 spiro atoms. The Morgan fingerprint density at radius 1 is 1.33 bits per heavy atom. The summed E-state index contributed by atoms with van der Waals surface area (Å²) in [5.74, 6) is 0.624. The zero-order chi connectivity index (χ0) is 13.1. The highest BCUT2D eigenvalue weighted by Crippen LogP contribution is 2.16.